The molecule has 4 aromatic heterocycles. The molecule has 0 radical (unpaired) electrons. The number of rotatable bonds is 4. The third kappa shape index (κ3) is 4.24. The minimum Gasteiger partial charge on any atom is -0.476 e. The number of aliphatic hydroxyl groups is 1. The monoisotopic (exact) mass is 492 g/mol. The van der Waals surface area contributed by atoms with Crippen LogP contribution in [0.15, 0.2) is 12.3 Å². The molecule has 0 aliphatic carbocycles. The first-order valence-corrected chi connectivity index (χ1v) is 12.2. The standard InChI is InChI=1S/C25H32N8O3/c1-6-35-24-17-7-8-19-18-9-20(27-11-21(18)29-28-19)23-16(4)30-32(5)25(23)36-15(3)10-26-12-22(17)33(31-24)14(2)13-34/h7-9,11,14-15,26,34H,6,10,12-13H2,1-5H3,(H,28,29)/b8-7+. The summed E-state index contributed by atoms with van der Waals surface area (Å²) in [7, 11) is 1.88. The van der Waals surface area contributed by atoms with Crippen LogP contribution in [0.5, 0.6) is 11.8 Å². The minimum absolute atomic E-state index is 0.0364. The van der Waals surface area contributed by atoms with Gasteiger partial charge in [-0.1, -0.05) is 0 Å². The van der Waals surface area contributed by atoms with Crippen LogP contribution in [0.3, 0.4) is 0 Å². The van der Waals surface area contributed by atoms with Crippen molar-refractivity contribution >= 4 is 23.1 Å². The molecule has 11 heteroatoms. The summed E-state index contributed by atoms with van der Waals surface area (Å²) in [6.07, 6.45) is 5.57. The van der Waals surface area contributed by atoms with Crippen molar-refractivity contribution in [2.24, 2.45) is 7.05 Å². The van der Waals surface area contributed by atoms with Crippen LogP contribution in [0.25, 0.3) is 34.3 Å². The predicted molar refractivity (Wildman–Crippen MR) is 137 cm³/mol. The molecule has 3 N–H and O–H groups in total. The van der Waals surface area contributed by atoms with Crippen LogP contribution in [0, 0.1) is 6.92 Å². The van der Waals surface area contributed by atoms with Gasteiger partial charge in [0.05, 0.1) is 64.9 Å². The number of aromatic nitrogens is 7. The Morgan fingerprint density at radius 2 is 2.14 bits per heavy atom. The van der Waals surface area contributed by atoms with E-state index in [1.807, 2.05) is 57.6 Å². The average molecular weight is 493 g/mol. The predicted octanol–water partition coefficient (Wildman–Crippen LogP) is 2.86. The second kappa shape index (κ2) is 9.75. The normalized spacial score (nSPS) is 17.7. The Bertz CT molecular complexity index is 1420. The summed E-state index contributed by atoms with van der Waals surface area (Å²) in [5.74, 6) is 1.19. The highest BCUT2D eigenvalue weighted by atomic mass is 16.5. The first-order valence-electron chi connectivity index (χ1n) is 12.2. The van der Waals surface area contributed by atoms with Gasteiger partial charge in [0.1, 0.15) is 6.10 Å². The summed E-state index contributed by atoms with van der Waals surface area (Å²) in [6.45, 7) is 9.38. The molecule has 2 bridgehead atoms. The van der Waals surface area contributed by atoms with E-state index < -0.39 is 0 Å². The van der Waals surface area contributed by atoms with E-state index in [4.69, 9.17) is 9.47 Å². The van der Waals surface area contributed by atoms with E-state index in [-0.39, 0.29) is 18.8 Å². The number of ether oxygens (including phenoxy) is 2. The molecule has 0 fully saturated rings. The van der Waals surface area contributed by atoms with Crippen molar-refractivity contribution in [1.29, 1.82) is 0 Å². The molecule has 5 heterocycles. The van der Waals surface area contributed by atoms with E-state index in [0.29, 0.717) is 31.5 Å². The van der Waals surface area contributed by atoms with Gasteiger partial charge in [0.2, 0.25) is 11.8 Å². The molecule has 4 aromatic rings. The lowest BCUT2D eigenvalue weighted by Gasteiger charge is -2.18. The lowest BCUT2D eigenvalue weighted by molar-refractivity contribution is 0.198. The fourth-order valence-corrected chi connectivity index (χ4v) is 4.54. The smallest absolute Gasteiger partial charge is 0.240 e. The number of aryl methyl sites for hydroxylation is 2. The van der Waals surface area contributed by atoms with Crippen LogP contribution in [0.2, 0.25) is 0 Å². The van der Waals surface area contributed by atoms with Gasteiger partial charge in [0.25, 0.3) is 0 Å². The topological polar surface area (TPSA) is 128 Å². The average Bonchev–Trinajstić information content (AvgIpc) is 3.50. The molecule has 0 aromatic carbocycles. The molecule has 11 nitrogen and oxygen atoms in total. The summed E-state index contributed by atoms with van der Waals surface area (Å²) in [4.78, 5) is 4.68. The fraction of sp³-hybridized carbons (Fsp3) is 0.440. The highest BCUT2D eigenvalue weighted by Gasteiger charge is 2.23. The van der Waals surface area contributed by atoms with E-state index in [9.17, 15) is 5.11 Å². The van der Waals surface area contributed by atoms with Gasteiger partial charge in [-0.25, -0.2) is 4.68 Å². The van der Waals surface area contributed by atoms with Gasteiger partial charge in [-0.2, -0.15) is 10.2 Å². The van der Waals surface area contributed by atoms with Crippen molar-refractivity contribution in [3.05, 3.63) is 34.9 Å². The van der Waals surface area contributed by atoms with Gasteiger partial charge in [0, 0.05) is 25.5 Å². The van der Waals surface area contributed by atoms with Crippen LogP contribution < -0.4 is 14.8 Å². The number of hydrogen-bond donors (Lipinski definition) is 3. The third-order valence-electron chi connectivity index (χ3n) is 6.33. The molecule has 2 atom stereocenters. The summed E-state index contributed by atoms with van der Waals surface area (Å²) in [5, 5.41) is 31.2. The highest BCUT2D eigenvalue weighted by molar-refractivity contribution is 5.92. The second-order valence-electron chi connectivity index (χ2n) is 9.08. The second-order valence-corrected chi connectivity index (χ2v) is 9.08. The van der Waals surface area contributed by atoms with Crippen LogP contribution in [0.1, 0.15) is 49.5 Å². The third-order valence-corrected chi connectivity index (χ3v) is 6.33. The van der Waals surface area contributed by atoms with Gasteiger partial charge in [0.15, 0.2) is 0 Å². The fourth-order valence-electron chi connectivity index (χ4n) is 4.54. The molecule has 1 aliphatic rings. The number of hydrogen-bond acceptors (Lipinski definition) is 8. The molecule has 0 saturated heterocycles. The van der Waals surface area contributed by atoms with Gasteiger partial charge < -0.3 is 19.9 Å². The van der Waals surface area contributed by atoms with Crippen molar-refractivity contribution in [3.8, 4) is 23.0 Å². The lowest BCUT2D eigenvalue weighted by atomic mass is 10.1. The largest absolute Gasteiger partial charge is 0.476 e. The first-order chi connectivity index (χ1) is 17.4. The molecule has 1 aliphatic heterocycles. The summed E-state index contributed by atoms with van der Waals surface area (Å²) >= 11 is 0. The minimum atomic E-state index is -0.210. The van der Waals surface area contributed by atoms with Crippen LogP contribution in [-0.2, 0) is 13.6 Å². The van der Waals surface area contributed by atoms with Crippen molar-refractivity contribution < 1.29 is 14.6 Å². The van der Waals surface area contributed by atoms with Crippen molar-refractivity contribution in [3.63, 3.8) is 0 Å². The SMILES string of the molecule is CCOc1nn(C(C)CO)c2c1/C=C/c1n[nH]c3cnc(cc13)-c1c(C)nn(C)c1OC(C)CNC2. The zero-order valence-corrected chi connectivity index (χ0v) is 21.2. The summed E-state index contributed by atoms with van der Waals surface area (Å²) < 4.78 is 15.8. The Kier molecular flexibility index (Phi) is 6.50. The Morgan fingerprint density at radius 1 is 1.31 bits per heavy atom. The maximum Gasteiger partial charge on any atom is 0.240 e. The van der Waals surface area contributed by atoms with Gasteiger partial charge >= 0.3 is 0 Å². The summed E-state index contributed by atoms with van der Waals surface area (Å²) in [6, 6.07) is 1.80. The van der Waals surface area contributed by atoms with Crippen LogP contribution >= 0.6 is 0 Å². The first kappa shape index (κ1) is 24.0. The van der Waals surface area contributed by atoms with E-state index >= 15 is 0 Å². The maximum atomic E-state index is 9.86. The number of fused-ring (bicyclic) bond motifs is 4. The van der Waals surface area contributed by atoms with Crippen molar-refractivity contribution in [1.82, 2.24) is 40.1 Å². The van der Waals surface area contributed by atoms with Gasteiger partial charge in [-0.3, -0.25) is 14.8 Å². The lowest BCUT2D eigenvalue weighted by Crippen LogP contribution is -2.30. The van der Waals surface area contributed by atoms with E-state index in [0.717, 1.165) is 44.8 Å². The molecule has 0 amide bonds. The Hall–Kier alpha value is -3.70. The molecule has 36 heavy (non-hydrogen) atoms. The highest BCUT2D eigenvalue weighted by Crippen LogP contribution is 2.35. The number of aliphatic hydroxyl groups excluding tert-OH is 1. The number of H-pyrrole nitrogens is 1. The molecule has 0 saturated carbocycles. The van der Waals surface area contributed by atoms with Crippen molar-refractivity contribution in [2.45, 2.75) is 46.4 Å². The molecular weight excluding hydrogens is 460 g/mol. The van der Waals surface area contributed by atoms with Crippen molar-refractivity contribution in [2.75, 3.05) is 19.8 Å². The van der Waals surface area contributed by atoms with Crippen LogP contribution in [-0.4, -0.2) is 65.7 Å². The van der Waals surface area contributed by atoms with E-state index in [2.05, 4.69) is 30.7 Å². The van der Waals surface area contributed by atoms with E-state index in [1.165, 1.54) is 0 Å². The number of pyridine rings is 1. The maximum absolute atomic E-state index is 9.86. The Balaban J connectivity index is 1.69. The number of nitrogens with zero attached hydrogens (tertiary/aromatic N) is 6. The van der Waals surface area contributed by atoms with Crippen LogP contribution in [0.4, 0.5) is 0 Å². The number of nitrogens with one attached hydrogen (secondary N) is 2. The number of aromatic amines is 1. The quantitative estimate of drug-likeness (QED) is 0.397. The Morgan fingerprint density at radius 3 is 2.92 bits per heavy atom. The zero-order chi connectivity index (χ0) is 25.4. The van der Waals surface area contributed by atoms with E-state index in [1.54, 1.807) is 10.9 Å². The van der Waals surface area contributed by atoms with Gasteiger partial charge in [-0.05, 0) is 45.9 Å². The molecule has 190 valence electrons. The molecule has 2 unspecified atom stereocenters. The Labute approximate surface area is 209 Å². The van der Waals surface area contributed by atoms with Gasteiger partial charge in [-0.15, -0.1) is 5.10 Å². The molecule has 0 spiro atoms. The summed E-state index contributed by atoms with van der Waals surface area (Å²) in [5.41, 5.74) is 5.85. The molecule has 5 rings (SSSR count). The molecular formula is C25H32N8O3. The zero-order valence-electron chi connectivity index (χ0n) is 21.2.